The minimum atomic E-state index is -3.26. The Labute approximate surface area is 94.8 Å². The molecule has 0 atom stereocenters. The smallest absolute Gasteiger partial charge is 0.179 e. The largest absolute Gasteiger partial charge is 0.302 e. The molecule has 1 heterocycles. The van der Waals surface area contributed by atoms with Gasteiger partial charge < -0.3 is 4.90 Å². The highest BCUT2D eigenvalue weighted by Crippen LogP contribution is 2.13. The average molecular weight is 243 g/mol. The molecule has 16 heavy (non-hydrogen) atoms. The van der Waals surface area contributed by atoms with Crippen LogP contribution in [-0.4, -0.2) is 38.7 Å². The molecule has 0 saturated carbocycles. The minimum absolute atomic E-state index is 0.110. The second-order valence-electron chi connectivity index (χ2n) is 3.97. The summed E-state index contributed by atoms with van der Waals surface area (Å²) in [5.41, 5.74) is 0. The van der Waals surface area contributed by atoms with Crippen molar-refractivity contribution in [3.63, 3.8) is 0 Å². The molecule has 0 amide bonds. The maximum Gasteiger partial charge on any atom is 0.179 e. The van der Waals surface area contributed by atoms with Crippen LogP contribution >= 0.6 is 0 Å². The van der Waals surface area contributed by atoms with E-state index in [2.05, 4.69) is 4.90 Å². The first-order valence-corrected chi connectivity index (χ1v) is 6.94. The highest BCUT2D eigenvalue weighted by atomic mass is 32.2. The molecular weight excluding hydrogens is 229 g/mol. The molecule has 0 aliphatic carbocycles. The van der Waals surface area contributed by atoms with Crippen LogP contribution in [0.15, 0.2) is 29.2 Å². The van der Waals surface area contributed by atoms with Crippen LogP contribution in [-0.2, 0) is 9.84 Å². The fourth-order valence-electron chi connectivity index (χ4n) is 1.61. The van der Waals surface area contributed by atoms with Crippen LogP contribution in [0, 0.1) is 5.82 Å². The van der Waals surface area contributed by atoms with E-state index in [-0.39, 0.29) is 10.6 Å². The Morgan fingerprint density at radius 2 is 1.81 bits per heavy atom. The van der Waals surface area contributed by atoms with E-state index in [4.69, 9.17) is 0 Å². The highest BCUT2D eigenvalue weighted by Gasteiger charge is 2.19. The predicted octanol–water partition coefficient (Wildman–Crippen LogP) is 1.31. The number of hydrogen-bond donors (Lipinski definition) is 0. The van der Waals surface area contributed by atoms with Crippen LogP contribution < -0.4 is 0 Å². The Bertz CT molecular complexity index is 451. The maximum atomic E-state index is 12.6. The molecule has 0 spiro atoms. The van der Waals surface area contributed by atoms with Crippen LogP contribution in [0.1, 0.15) is 6.42 Å². The second-order valence-corrected chi connectivity index (χ2v) is 6.08. The van der Waals surface area contributed by atoms with E-state index in [1.165, 1.54) is 24.3 Å². The third-order valence-corrected chi connectivity index (χ3v) is 4.51. The Balaban J connectivity index is 2.02. The van der Waals surface area contributed by atoms with E-state index in [1.807, 2.05) is 0 Å². The van der Waals surface area contributed by atoms with Gasteiger partial charge in [-0.1, -0.05) is 0 Å². The lowest BCUT2D eigenvalue weighted by Crippen LogP contribution is -2.40. The number of benzene rings is 1. The molecule has 1 aliphatic rings. The van der Waals surface area contributed by atoms with E-state index in [0.717, 1.165) is 19.5 Å². The fraction of sp³-hybridized carbons (Fsp3) is 0.455. The molecule has 88 valence electrons. The van der Waals surface area contributed by atoms with E-state index in [0.29, 0.717) is 6.54 Å². The number of nitrogens with zero attached hydrogens (tertiary/aromatic N) is 1. The zero-order valence-corrected chi connectivity index (χ0v) is 9.71. The summed E-state index contributed by atoms with van der Waals surface area (Å²) in [6.07, 6.45) is 1.15. The molecular formula is C11H14FNO2S. The van der Waals surface area contributed by atoms with Gasteiger partial charge in [-0.25, -0.2) is 12.8 Å². The van der Waals surface area contributed by atoms with Gasteiger partial charge in [0.15, 0.2) is 9.84 Å². The first-order chi connectivity index (χ1) is 7.58. The fourth-order valence-corrected chi connectivity index (χ4v) is 2.90. The number of rotatable bonds is 4. The number of halogens is 1. The van der Waals surface area contributed by atoms with Gasteiger partial charge in [0.05, 0.1) is 10.6 Å². The standard InChI is InChI=1S/C11H14FNO2S/c12-10-2-4-11(5-3-10)16(14,15)9-8-13-6-1-7-13/h2-5H,1,6-9H2. The first kappa shape index (κ1) is 11.5. The van der Waals surface area contributed by atoms with Gasteiger partial charge in [-0.3, -0.25) is 0 Å². The van der Waals surface area contributed by atoms with Gasteiger partial charge in [0.25, 0.3) is 0 Å². The molecule has 0 N–H and O–H groups in total. The molecule has 0 unspecified atom stereocenters. The first-order valence-electron chi connectivity index (χ1n) is 5.29. The van der Waals surface area contributed by atoms with Gasteiger partial charge in [0.1, 0.15) is 5.82 Å². The lowest BCUT2D eigenvalue weighted by Gasteiger charge is -2.30. The topological polar surface area (TPSA) is 37.4 Å². The molecule has 5 heteroatoms. The summed E-state index contributed by atoms with van der Waals surface area (Å²) < 4.78 is 36.3. The molecule has 1 aliphatic heterocycles. The van der Waals surface area contributed by atoms with E-state index in [1.54, 1.807) is 0 Å². The van der Waals surface area contributed by atoms with E-state index >= 15 is 0 Å². The molecule has 0 bridgehead atoms. The summed E-state index contributed by atoms with van der Waals surface area (Å²) in [4.78, 5) is 2.30. The van der Waals surface area contributed by atoms with E-state index < -0.39 is 15.7 Å². The number of hydrogen-bond acceptors (Lipinski definition) is 3. The Kier molecular flexibility index (Phi) is 3.25. The number of sulfone groups is 1. The zero-order valence-electron chi connectivity index (χ0n) is 8.89. The van der Waals surface area contributed by atoms with Crippen LogP contribution in [0.4, 0.5) is 4.39 Å². The van der Waals surface area contributed by atoms with Crippen molar-refractivity contribution in [2.24, 2.45) is 0 Å². The van der Waals surface area contributed by atoms with Crippen LogP contribution in [0.5, 0.6) is 0 Å². The van der Waals surface area contributed by atoms with E-state index in [9.17, 15) is 12.8 Å². The van der Waals surface area contributed by atoms with Crippen LogP contribution in [0.25, 0.3) is 0 Å². The second kappa shape index (κ2) is 4.51. The van der Waals surface area contributed by atoms with Crippen molar-refractivity contribution < 1.29 is 12.8 Å². The van der Waals surface area contributed by atoms with Crippen molar-refractivity contribution in [1.29, 1.82) is 0 Å². The summed E-state index contributed by atoms with van der Waals surface area (Å²) in [5, 5.41) is 0. The summed E-state index contributed by atoms with van der Waals surface area (Å²) >= 11 is 0. The van der Waals surface area contributed by atoms with Gasteiger partial charge in [0.2, 0.25) is 0 Å². The highest BCUT2D eigenvalue weighted by molar-refractivity contribution is 7.91. The molecule has 1 fully saturated rings. The average Bonchev–Trinajstić information content (AvgIpc) is 2.15. The van der Waals surface area contributed by atoms with Gasteiger partial charge in [-0.15, -0.1) is 0 Å². The van der Waals surface area contributed by atoms with Crippen molar-refractivity contribution in [1.82, 2.24) is 4.90 Å². The van der Waals surface area contributed by atoms with Crippen molar-refractivity contribution in [3.05, 3.63) is 30.1 Å². The van der Waals surface area contributed by atoms with Crippen molar-refractivity contribution in [3.8, 4) is 0 Å². The molecule has 0 aromatic heterocycles. The van der Waals surface area contributed by atoms with Crippen molar-refractivity contribution >= 4 is 9.84 Å². The van der Waals surface area contributed by atoms with Crippen LogP contribution in [0.3, 0.4) is 0 Å². The minimum Gasteiger partial charge on any atom is -0.302 e. The molecule has 2 rings (SSSR count). The SMILES string of the molecule is O=S(=O)(CCN1CCC1)c1ccc(F)cc1. The van der Waals surface area contributed by atoms with Gasteiger partial charge >= 0.3 is 0 Å². The molecule has 1 aromatic rings. The Hall–Kier alpha value is -0.940. The number of likely N-dealkylation sites (tertiary alicyclic amines) is 1. The molecule has 0 radical (unpaired) electrons. The lowest BCUT2D eigenvalue weighted by atomic mass is 10.2. The summed E-state index contributed by atoms with van der Waals surface area (Å²) in [6.45, 7) is 2.54. The third kappa shape index (κ3) is 2.59. The van der Waals surface area contributed by atoms with Gasteiger partial charge in [-0.2, -0.15) is 0 Å². The Morgan fingerprint density at radius 3 is 2.31 bits per heavy atom. The molecule has 1 aromatic carbocycles. The Morgan fingerprint density at radius 1 is 1.19 bits per heavy atom. The van der Waals surface area contributed by atoms with Gasteiger partial charge in [0, 0.05) is 6.54 Å². The third-order valence-electron chi connectivity index (χ3n) is 2.80. The van der Waals surface area contributed by atoms with Crippen molar-refractivity contribution in [2.45, 2.75) is 11.3 Å². The monoisotopic (exact) mass is 243 g/mol. The summed E-state index contributed by atoms with van der Waals surface area (Å²) in [6, 6.07) is 4.99. The molecule has 1 saturated heterocycles. The van der Waals surface area contributed by atoms with Crippen molar-refractivity contribution in [2.75, 3.05) is 25.4 Å². The normalized spacial score (nSPS) is 17.1. The molecule has 3 nitrogen and oxygen atoms in total. The summed E-state index contributed by atoms with van der Waals surface area (Å²) in [5.74, 6) is -0.305. The van der Waals surface area contributed by atoms with Crippen LogP contribution in [0.2, 0.25) is 0 Å². The zero-order chi connectivity index (χ0) is 11.6. The summed E-state index contributed by atoms with van der Waals surface area (Å²) in [7, 11) is -3.26. The lowest BCUT2D eigenvalue weighted by molar-refractivity contribution is 0.193. The quantitative estimate of drug-likeness (QED) is 0.748. The predicted molar refractivity (Wildman–Crippen MR) is 59.5 cm³/mol. The van der Waals surface area contributed by atoms with Gasteiger partial charge in [-0.05, 0) is 43.8 Å². The maximum absolute atomic E-state index is 12.6.